The third-order valence-corrected chi connectivity index (χ3v) is 3.13. The van der Waals surface area contributed by atoms with Gasteiger partial charge >= 0.3 is 0 Å². The lowest BCUT2D eigenvalue weighted by Crippen LogP contribution is -2.19. The monoisotopic (exact) mass is 192 g/mol. The predicted molar refractivity (Wildman–Crippen MR) is 49.1 cm³/mol. The third kappa shape index (κ3) is 0.897. The summed E-state index contributed by atoms with van der Waals surface area (Å²) in [7, 11) is 0. The van der Waals surface area contributed by atoms with Gasteiger partial charge in [0, 0.05) is 18.4 Å². The van der Waals surface area contributed by atoms with Crippen LogP contribution in [0.4, 0.5) is 0 Å². The minimum atomic E-state index is -0.248. The number of fused-ring (bicyclic) bond motifs is 2. The van der Waals surface area contributed by atoms with E-state index in [1.54, 1.807) is 6.26 Å². The minimum absolute atomic E-state index is 0.0813. The fourth-order valence-corrected chi connectivity index (χ4v) is 2.44. The summed E-state index contributed by atoms with van der Waals surface area (Å²) >= 11 is 0. The van der Waals surface area contributed by atoms with Crippen LogP contribution in [0.25, 0.3) is 0 Å². The quantitative estimate of drug-likeness (QED) is 0.588. The van der Waals surface area contributed by atoms with Gasteiger partial charge in [0.1, 0.15) is 5.76 Å². The Labute approximate surface area is 82.4 Å². The van der Waals surface area contributed by atoms with E-state index in [0.717, 1.165) is 29.7 Å². The molecular weight excluding hydrogens is 180 g/mol. The number of hydrogen-bond donors (Lipinski definition) is 0. The van der Waals surface area contributed by atoms with E-state index in [2.05, 4.69) is 0 Å². The molecule has 0 amide bonds. The highest BCUT2D eigenvalue weighted by molar-refractivity contribution is 5.98. The molecule has 2 atom stereocenters. The molecule has 0 spiro atoms. The molecule has 0 N–H and O–H groups in total. The van der Waals surface area contributed by atoms with Gasteiger partial charge in [0.25, 0.3) is 6.29 Å². The summed E-state index contributed by atoms with van der Waals surface area (Å²) in [6.07, 6.45) is 3.94. The van der Waals surface area contributed by atoms with Crippen LogP contribution >= 0.6 is 0 Å². The first kappa shape index (κ1) is 8.09. The van der Waals surface area contributed by atoms with Crippen molar-refractivity contribution in [2.24, 2.45) is 5.92 Å². The number of hydrogen-bond acceptors (Lipinski definition) is 3. The van der Waals surface area contributed by atoms with Gasteiger partial charge < -0.3 is 9.47 Å². The molecule has 0 radical (unpaired) electrons. The summed E-state index contributed by atoms with van der Waals surface area (Å²) < 4.78 is 11.0. The van der Waals surface area contributed by atoms with Gasteiger partial charge in [-0.05, 0) is 18.9 Å². The van der Waals surface area contributed by atoms with Gasteiger partial charge in [-0.15, -0.1) is 0 Å². The summed E-state index contributed by atoms with van der Waals surface area (Å²) in [4.78, 5) is 11.7. The molecule has 1 aliphatic carbocycles. The zero-order valence-corrected chi connectivity index (χ0v) is 8.08. The fourth-order valence-electron chi connectivity index (χ4n) is 2.44. The normalized spacial score (nSPS) is 34.6. The Bertz CT molecular complexity index is 365. The molecule has 3 aliphatic rings. The van der Waals surface area contributed by atoms with Gasteiger partial charge in [-0.1, -0.05) is 0 Å². The molecule has 0 bridgehead atoms. The zero-order valence-electron chi connectivity index (χ0n) is 8.08. The molecule has 3 rings (SSSR count). The molecule has 74 valence electrons. The Kier molecular flexibility index (Phi) is 1.52. The molecule has 2 heterocycles. The number of rotatable bonds is 0. The Morgan fingerprint density at radius 1 is 1.43 bits per heavy atom. The molecule has 14 heavy (non-hydrogen) atoms. The molecule has 0 aromatic heterocycles. The first-order valence-corrected chi connectivity index (χ1v) is 5.02. The molecule has 0 saturated carbocycles. The summed E-state index contributed by atoms with van der Waals surface area (Å²) in [5.74, 6) is 1.21. The van der Waals surface area contributed by atoms with Crippen molar-refractivity contribution in [3.8, 4) is 0 Å². The second-order valence-electron chi connectivity index (χ2n) is 4.08. The van der Waals surface area contributed by atoms with Crippen LogP contribution in [0, 0.1) is 5.92 Å². The van der Waals surface area contributed by atoms with E-state index in [9.17, 15) is 4.79 Å². The molecule has 3 nitrogen and oxygen atoms in total. The first-order valence-electron chi connectivity index (χ1n) is 5.02. The fraction of sp³-hybridized carbons (Fsp3) is 0.545. The van der Waals surface area contributed by atoms with Gasteiger partial charge in [-0.3, -0.25) is 4.79 Å². The molecule has 0 saturated heterocycles. The molecule has 2 aliphatic heterocycles. The van der Waals surface area contributed by atoms with Gasteiger partial charge in [-0.25, -0.2) is 0 Å². The van der Waals surface area contributed by atoms with Crippen LogP contribution < -0.4 is 0 Å². The van der Waals surface area contributed by atoms with Crippen molar-refractivity contribution in [2.45, 2.75) is 32.5 Å². The maximum atomic E-state index is 11.7. The number of ketones is 1. The van der Waals surface area contributed by atoms with Crippen LogP contribution in [0.3, 0.4) is 0 Å². The summed E-state index contributed by atoms with van der Waals surface area (Å²) in [6, 6.07) is 0. The van der Waals surface area contributed by atoms with E-state index < -0.39 is 0 Å². The van der Waals surface area contributed by atoms with Crippen LogP contribution in [0.5, 0.6) is 0 Å². The highest BCUT2D eigenvalue weighted by atomic mass is 16.7. The highest BCUT2D eigenvalue weighted by Gasteiger charge is 2.45. The Morgan fingerprint density at radius 3 is 3.14 bits per heavy atom. The number of Topliss-reactive ketones (excluding diaryl/α,β-unsaturated/α-hetero) is 1. The molecule has 3 heteroatoms. The van der Waals surface area contributed by atoms with Crippen LogP contribution in [0.15, 0.2) is 23.2 Å². The van der Waals surface area contributed by atoms with Gasteiger partial charge in [0.05, 0.1) is 12.2 Å². The van der Waals surface area contributed by atoms with E-state index in [0.29, 0.717) is 6.42 Å². The molecule has 0 fully saturated rings. The van der Waals surface area contributed by atoms with Crippen LogP contribution in [0.1, 0.15) is 26.2 Å². The van der Waals surface area contributed by atoms with Crippen molar-refractivity contribution < 1.29 is 14.3 Å². The maximum Gasteiger partial charge on any atom is 0.250 e. The standard InChI is InChI=1S/C11H12O3/c1-6-5-13-11-9(6)10-7(12)3-2-4-8(10)14-11/h5,9,11H,2-4H2,1H3/t9-,11+/m0/s1. The number of allylic oxidation sites excluding steroid dienone is 1. The number of carbonyl (C=O) groups is 1. The average molecular weight is 192 g/mol. The van der Waals surface area contributed by atoms with Gasteiger partial charge in [0.2, 0.25) is 0 Å². The number of carbonyl (C=O) groups excluding carboxylic acids is 1. The van der Waals surface area contributed by atoms with Crippen molar-refractivity contribution >= 4 is 5.78 Å². The highest BCUT2D eigenvalue weighted by Crippen LogP contribution is 2.44. The topological polar surface area (TPSA) is 35.5 Å². The zero-order chi connectivity index (χ0) is 9.71. The minimum Gasteiger partial charge on any atom is -0.462 e. The molecule has 0 unspecified atom stereocenters. The van der Waals surface area contributed by atoms with Crippen molar-refractivity contribution in [3.63, 3.8) is 0 Å². The smallest absolute Gasteiger partial charge is 0.250 e. The molecule has 0 aromatic carbocycles. The lowest BCUT2D eigenvalue weighted by molar-refractivity contribution is -0.116. The summed E-state index contributed by atoms with van der Waals surface area (Å²) in [6.45, 7) is 1.99. The van der Waals surface area contributed by atoms with Crippen molar-refractivity contribution in [3.05, 3.63) is 23.2 Å². The van der Waals surface area contributed by atoms with Crippen molar-refractivity contribution in [1.82, 2.24) is 0 Å². The Hall–Kier alpha value is -1.25. The summed E-state index contributed by atoms with van der Waals surface area (Å²) in [5, 5.41) is 0. The maximum absolute atomic E-state index is 11.7. The van der Waals surface area contributed by atoms with E-state index >= 15 is 0 Å². The lowest BCUT2D eigenvalue weighted by atomic mass is 9.86. The second-order valence-corrected chi connectivity index (χ2v) is 4.08. The molecular formula is C11H12O3. The predicted octanol–water partition coefficient (Wildman–Crippen LogP) is 1.90. The average Bonchev–Trinajstić information content (AvgIpc) is 2.67. The van der Waals surface area contributed by atoms with Crippen LogP contribution in [0.2, 0.25) is 0 Å². The SMILES string of the molecule is CC1=CO[C@@H]2OC3=C(C(=O)CCC3)[C@H]12. The lowest BCUT2D eigenvalue weighted by Gasteiger charge is -2.13. The van der Waals surface area contributed by atoms with E-state index in [-0.39, 0.29) is 18.0 Å². The second kappa shape index (κ2) is 2.62. The van der Waals surface area contributed by atoms with E-state index in [1.807, 2.05) is 6.92 Å². The Balaban J connectivity index is 2.04. The van der Waals surface area contributed by atoms with E-state index in [1.165, 1.54) is 0 Å². The largest absolute Gasteiger partial charge is 0.462 e. The van der Waals surface area contributed by atoms with Gasteiger partial charge in [-0.2, -0.15) is 0 Å². The summed E-state index contributed by atoms with van der Waals surface area (Å²) in [5.41, 5.74) is 1.99. The van der Waals surface area contributed by atoms with Crippen LogP contribution in [-0.4, -0.2) is 12.1 Å². The van der Waals surface area contributed by atoms with Crippen molar-refractivity contribution in [1.29, 1.82) is 0 Å². The first-order chi connectivity index (χ1) is 6.77. The third-order valence-electron chi connectivity index (χ3n) is 3.13. The Morgan fingerprint density at radius 2 is 2.29 bits per heavy atom. The molecule has 0 aromatic rings. The number of ether oxygens (including phenoxy) is 2. The van der Waals surface area contributed by atoms with Gasteiger partial charge in [0.15, 0.2) is 5.78 Å². The van der Waals surface area contributed by atoms with E-state index in [4.69, 9.17) is 9.47 Å². The van der Waals surface area contributed by atoms with Crippen LogP contribution in [-0.2, 0) is 14.3 Å². The van der Waals surface area contributed by atoms with Crippen molar-refractivity contribution in [2.75, 3.05) is 0 Å².